The van der Waals surface area contributed by atoms with Crippen molar-refractivity contribution in [3.63, 3.8) is 0 Å². The standard InChI is InChI=1S/C22H26N2O6/c1-2-28-20(26)17-18(29-15-16-7-4-3-5-8-16)19(25)24-11-6-12-30-22(21(24)23-17)9-13-27-14-10-22/h3-5,7-8H,2,6,9-15H2,1H3. The molecule has 30 heavy (non-hydrogen) atoms. The molecule has 0 radical (unpaired) electrons. The van der Waals surface area contributed by atoms with Crippen LogP contribution in [0.25, 0.3) is 0 Å². The lowest BCUT2D eigenvalue weighted by Crippen LogP contribution is -2.42. The Morgan fingerprint density at radius 3 is 2.70 bits per heavy atom. The fraction of sp³-hybridized carbons (Fsp3) is 0.500. The van der Waals surface area contributed by atoms with Crippen LogP contribution in [0.1, 0.15) is 48.1 Å². The molecular formula is C22H26N2O6. The molecule has 1 aromatic heterocycles. The summed E-state index contributed by atoms with van der Waals surface area (Å²) < 4.78 is 24.3. The third-order valence-electron chi connectivity index (χ3n) is 5.44. The van der Waals surface area contributed by atoms with E-state index in [1.807, 2.05) is 30.3 Å². The van der Waals surface area contributed by atoms with Gasteiger partial charge < -0.3 is 18.9 Å². The van der Waals surface area contributed by atoms with E-state index in [4.69, 9.17) is 18.9 Å². The fourth-order valence-corrected chi connectivity index (χ4v) is 3.91. The van der Waals surface area contributed by atoms with E-state index in [1.165, 1.54) is 0 Å². The summed E-state index contributed by atoms with van der Waals surface area (Å²) in [5.74, 6) is -0.291. The zero-order valence-electron chi connectivity index (χ0n) is 17.1. The monoisotopic (exact) mass is 414 g/mol. The molecule has 2 aromatic rings. The van der Waals surface area contributed by atoms with Gasteiger partial charge in [-0.3, -0.25) is 9.36 Å². The van der Waals surface area contributed by atoms with Crippen LogP contribution in [0, 0.1) is 0 Å². The summed E-state index contributed by atoms with van der Waals surface area (Å²) in [6, 6.07) is 9.46. The van der Waals surface area contributed by atoms with Crippen molar-refractivity contribution >= 4 is 5.97 Å². The first-order chi connectivity index (χ1) is 14.6. The highest BCUT2D eigenvalue weighted by atomic mass is 16.5. The minimum absolute atomic E-state index is 0.0786. The molecule has 0 unspecified atom stereocenters. The van der Waals surface area contributed by atoms with E-state index in [-0.39, 0.29) is 30.2 Å². The number of hydrogen-bond donors (Lipinski definition) is 0. The third kappa shape index (κ3) is 3.97. The summed E-state index contributed by atoms with van der Waals surface area (Å²) in [6.45, 7) is 4.02. The number of ether oxygens (including phenoxy) is 4. The number of aromatic nitrogens is 2. The number of benzene rings is 1. The molecule has 0 aliphatic carbocycles. The minimum Gasteiger partial charge on any atom is -0.481 e. The van der Waals surface area contributed by atoms with Crippen molar-refractivity contribution in [2.75, 3.05) is 26.4 Å². The second kappa shape index (κ2) is 8.97. The first kappa shape index (κ1) is 20.6. The maximum Gasteiger partial charge on any atom is 0.361 e. The van der Waals surface area contributed by atoms with E-state index in [0.29, 0.717) is 51.5 Å². The Balaban J connectivity index is 1.80. The van der Waals surface area contributed by atoms with Gasteiger partial charge in [-0.2, -0.15) is 0 Å². The van der Waals surface area contributed by atoms with Gasteiger partial charge in [0.25, 0.3) is 5.56 Å². The van der Waals surface area contributed by atoms with Crippen LogP contribution in [0.5, 0.6) is 5.75 Å². The first-order valence-corrected chi connectivity index (χ1v) is 10.4. The van der Waals surface area contributed by atoms with Crippen molar-refractivity contribution in [1.82, 2.24) is 9.55 Å². The Bertz CT molecular complexity index is 950. The molecule has 2 aliphatic rings. The molecule has 0 atom stereocenters. The van der Waals surface area contributed by atoms with Gasteiger partial charge in [-0.15, -0.1) is 0 Å². The van der Waals surface area contributed by atoms with Crippen molar-refractivity contribution in [3.8, 4) is 5.75 Å². The molecule has 3 heterocycles. The van der Waals surface area contributed by atoms with E-state index < -0.39 is 11.6 Å². The summed E-state index contributed by atoms with van der Waals surface area (Å²) in [5.41, 5.74) is -0.334. The molecule has 8 heteroatoms. The average molecular weight is 414 g/mol. The number of hydrogen-bond acceptors (Lipinski definition) is 7. The smallest absolute Gasteiger partial charge is 0.361 e. The van der Waals surface area contributed by atoms with Crippen molar-refractivity contribution in [3.05, 3.63) is 57.8 Å². The summed E-state index contributed by atoms with van der Waals surface area (Å²) in [6.07, 6.45) is 1.83. The van der Waals surface area contributed by atoms with E-state index in [2.05, 4.69) is 4.98 Å². The van der Waals surface area contributed by atoms with E-state index in [9.17, 15) is 9.59 Å². The second-order valence-electron chi connectivity index (χ2n) is 7.37. The molecule has 0 saturated carbocycles. The predicted molar refractivity (Wildman–Crippen MR) is 108 cm³/mol. The number of carbonyl (C=O) groups excluding carboxylic acids is 1. The van der Waals surface area contributed by atoms with Crippen LogP contribution >= 0.6 is 0 Å². The Labute approximate surface area is 174 Å². The van der Waals surface area contributed by atoms with Crippen LogP contribution in [0.4, 0.5) is 0 Å². The zero-order valence-corrected chi connectivity index (χ0v) is 17.1. The summed E-state index contributed by atoms with van der Waals surface area (Å²) in [4.78, 5) is 30.8. The second-order valence-corrected chi connectivity index (χ2v) is 7.37. The normalized spacial score (nSPS) is 17.8. The van der Waals surface area contributed by atoms with Crippen LogP contribution < -0.4 is 10.3 Å². The molecule has 1 saturated heterocycles. The average Bonchev–Trinajstić information content (AvgIpc) is 2.94. The van der Waals surface area contributed by atoms with Crippen LogP contribution in [0.3, 0.4) is 0 Å². The number of esters is 1. The van der Waals surface area contributed by atoms with Gasteiger partial charge in [0, 0.05) is 39.2 Å². The van der Waals surface area contributed by atoms with Gasteiger partial charge in [-0.25, -0.2) is 9.78 Å². The number of fused-ring (bicyclic) bond motifs is 2. The minimum atomic E-state index is -0.743. The van der Waals surface area contributed by atoms with Gasteiger partial charge in [0.15, 0.2) is 5.69 Å². The topological polar surface area (TPSA) is 88.9 Å². The Morgan fingerprint density at radius 2 is 1.97 bits per heavy atom. The van der Waals surface area contributed by atoms with E-state index >= 15 is 0 Å². The molecule has 0 N–H and O–H groups in total. The predicted octanol–water partition coefficient (Wildman–Crippen LogP) is 2.43. The van der Waals surface area contributed by atoms with Crippen molar-refractivity contribution < 1.29 is 23.7 Å². The fourth-order valence-electron chi connectivity index (χ4n) is 3.91. The van der Waals surface area contributed by atoms with Crippen LogP contribution in [-0.2, 0) is 33.0 Å². The summed E-state index contributed by atoms with van der Waals surface area (Å²) in [7, 11) is 0. The van der Waals surface area contributed by atoms with Gasteiger partial charge in [0.1, 0.15) is 18.0 Å². The van der Waals surface area contributed by atoms with Crippen LogP contribution in [0.2, 0.25) is 0 Å². The highest BCUT2D eigenvalue weighted by Crippen LogP contribution is 2.37. The number of rotatable bonds is 5. The third-order valence-corrected chi connectivity index (χ3v) is 5.44. The van der Waals surface area contributed by atoms with Crippen LogP contribution in [-0.4, -0.2) is 41.9 Å². The Morgan fingerprint density at radius 1 is 1.20 bits per heavy atom. The molecule has 1 aromatic carbocycles. The van der Waals surface area contributed by atoms with E-state index in [1.54, 1.807) is 11.5 Å². The SMILES string of the molecule is CCOC(=O)c1nc2n(c(=O)c1OCc1ccccc1)CCCOC21CCOCC1. The highest BCUT2D eigenvalue weighted by molar-refractivity contribution is 5.90. The molecule has 1 spiro atoms. The molecule has 1 fully saturated rings. The van der Waals surface area contributed by atoms with Gasteiger partial charge in [0.05, 0.1) is 6.61 Å². The van der Waals surface area contributed by atoms with Gasteiger partial charge in [-0.1, -0.05) is 30.3 Å². The number of nitrogens with zero attached hydrogens (tertiary/aromatic N) is 2. The molecule has 0 amide bonds. The number of carbonyl (C=O) groups is 1. The zero-order chi connectivity index (χ0) is 21.0. The largest absolute Gasteiger partial charge is 0.481 e. The van der Waals surface area contributed by atoms with Gasteiger partial charge >= 0.3 is 5.97 Å². The van der Waals surface area contributed by atoms with Crippen molar-refractivity contribution in [2.24, 2.45) is 0 Å². The summed E-state index contributed by atoms with van der Waals surface area (Å²) in [5, 5.41) is 0. The van der Waals surface area contributed by atoms with Gasteiger partial charge in [0.2, 0.25) is 5.75 Å². The quantitative estimate of drug-likeness (QED) is 0.694. The lowest BCUT2D eigenvalue weighted by atomic mass is 9.92. The molecule has 4 rings (SSSR count). The van der Waals surface area contributed by atoms with E-state index in [0.717, 1.165) is 5.56 Å². The molecule has 0 bridgehead atoms. The Kier molecular flexibility index (Phi) is 6.15. The molecular weight excluding hydrogens is 388 g/mol. The molecule has 160 valence electrons. The molecule has 8 nitrogen and oxygen atoms in total. The molecule has 2 aliphatic heterocycles. The lowest BCUT2D eigenvalue weighted by Gasteiger charge is -2.36. The first-order valence-electron chi connectivity index (χ1n) is 10.4. The highest BCUT2D eigenvalue weighted by Gasteiger charge is 2.42. The van der Waals surface area contributed by atoms with Crippen molar-refractivity contribution in [2.45, 2.75) is 44.9 Å². The van der Waals surface area contributed by atoms with Crippen molar-refractivity contribution in [1.29, 1.82) is 0 Å². The van der Waals surface area contributed by atoms with Crippen LogP contribution in [0.15, 0.2) is 35.1 Å². The summed E-state index contributed by atoms with van der Waals surface area (Å²) >= 11 is 0. The maximum absolute atomic E-state index is 13.4. The van der Waals surface area contributed by atoms with Gasteiger partial charge in [-0.05, 0) is 18.9 Å². The Hall–Kier alpha value is -2.71. The lowest BCUT2D eigenvalue weighted by molar-refractivity contribution is -0.118. The maximum atomic E-state index is 13.4.